The summed E-state index contributed by atoms with van der Waals surface area (Å²) in [6.45, 7) is 19.1. The van der Waals surface area contributed by atoms with Gasteiger partial charge in [0.25, 0.3) is 0 Å². The number of hydrogen-bond acceptors (Lipinski definition) is 1. The molecule has 0 bridgehead atoms. The number of nitrogens with one attached hydrogen (secondary N) is 1. The molecule has 0 heterocycles. The van der Waals surface area contributed by atoms with Crippen LogP contribution in [-0.4, -0.2) is 17.2 Å². The van der Waals surface area contributed by atoms with Crippen molar-refractivity contribution in [1.82, 2.24) is 4.65 Å². The zero-order valence-corrected chi connectivity index (χ0v) is 14.0. The van der Waals surface area contributed by atoms with Crippen LogP contribution in [0.5, 0.6) is 0 Å². The maximum Gasteiger partial charge on any atom is 0.119 e. The molecule has 15 heavy (non-hydrogen) atoms. The lowest BCUT2D eigenvalue weighted by molar-refractivity contribution is 0.318. The fraction of sp³-hybridized carbons (Fsp3) is 1.00. The summed E-state index contributed by atoms with van der Waals surface area (Å²) >= 11 is 0. The Labute approximate surface area is 99.8 Å². The normalized spacial score (nSPS) is 15.8. The van der Waals surface area contributed by atoms with Crippen LogP contribution in [0.4, 0.5) is 0 Å². The highest BCUT2D eigenvalue weighted by Gasteiger charge is 2.26. The summed E-state index contributed by atoms with van der Waals surface area (Å²) in [5.74, 6) is 0.862. The summed E-state index contributed by atoms with van der Waals surface area (Å²) < 4.78 is 3.88. The molecule has 1 N–H and O–H groups in total. The van der Waals surface area contributed by atoms with Crippen LogP contribution in [0.15, 0.2) is 0 Å². The summed E-state index contributed by atoms with van der Waals surface area (Å²) in [7, 11) is -1.40. The molecule has 91 valence electrons. The van der Waals surface area contributed by atoms with E-state index >= 15 is 0 Å². The Morgan fingerprint density at radius 2 is 1.67 bits per heavy atom. The summed E-state index contributed by atoms with van der Waals surface area (Å²) in [6, 6.07) is 1.42. The summed E-state index contributed by atoms with van der Waals surface area (Å²) in [5.41, 5.74) is 0.482. The Hall–Kier alpha value is 0.394. The molecule has 1 unspecified atom stereocenters. The van der Waals surface area contributed by atoms with Gasteiger partial charge in [-0.05, 0) is 23.8 Å². The van der Waals surface area contributed by atoms with Gasteiger partial charge in [0.1, 0.15) is 17.2 Å². The summed E-state index contributed by atoms with van der Waals surface area (Å²) in [6.07, 6.45) is 1.35. The topological polar surface area (TPSA) is 12.0 Å². The fourth-order valence-corrected chi connectivity index (χ4v) is 10.4. The smallest absolute Gasteiger partial charge is 0.119 e. The lowest BCUT2D eigenvalue weighted by atomic mass is 9.86. The van der Waals surface area contributed by atoms with Gasteiger partial charge >= 0.3 is 0 Å². The van der Waals surface area contributed by atoms with E-state index in [1.54, 1.807) is 0 Å². The molecule has 0 aromatic carbocycles. The van der Waals surface area contributed by atoms with E-state index in [0.717, 1.165) is 5.92 Å². The van der Waals surface area contributed by atoms with Gasteiger partial charge in [-0.25, -0.2) is 0 Å². The van der Waals surface area contributed by atoms with Crippen LogP contribution >= 0.6 is 0 Å². The molecule has 0 spiro atoms. The van der Waals surface area contributed by atoms with Crippen molar-refractivity contribution in [2.45, 2.75) is 66.3 Å². The first kappa shape index (κ1) is 15.4. The minimum Gasteiger partial charge on any atom is -0.360 e. The van der Waals surface area contributed by atoms with Crippen molar-refractivity contribution in [2.75, 3.05) is 0 Å². The Kier molecular flexibility index (Phi) is 5.79. The van der Waals surface area contributed by atoms with E-state index in [4.69, 9.17) is 0 Å². The molecular formula is C12H30NSi2. The summed E-state index contributed by atoms with van der Waals surface area (Å²) in [5, 5.41) is 0. The molecule has 0 aromatic heterocycles. The molecule has 0 aliphatic heterocycles. The molecule has 1 atom stereocenters. The van der Waals surface area contributed by atoms with E-state index in [1.165, 1.54) is 12.5 Å². The third kappa shape index (κ3) is 9.33. The van der Waals surface area contributed by atoms with Gasteiger partial charge in [-0.3, -0.25) is 0 Å². The van der Waals surface area contributed by atoms with E-state index in [-0.39, 0.29) is 8.96 Å². The highest BCUT2D eigenvalue weighted by atomic mass is 28.4. The maximum absolute atomic E-state index is 3.88. The van der Waals surface area contributed by atoms with Crippen LogP contribution in [0.3, 0.4) is 0 Å². The molecule has 0 aliphatic rings. The van der Waals surface area contributed by atoms with Gasteiger partial charge in [-0.2, -0.15) is 0 Å². The second kappa shape index (κ2) is 5.64. The van der Waals surface area contributed by atoms with Crippen molar-refractivity contribution in [2.24, 2.45) is 11.3 Å². The first-order chi connectivity index (χ1) is 6.52. The van der Waals surface area contributed by atoms with Crippen LogP contribution < -0.4 is 4.65 Å². The van der Waals surface area contributed by atoms with Crippen molar-refractivity contribution in [3.8, 4) is 0 Å². The molecule has 0 saturated heterocycles. The second-order valence-electron chi connectivity index (χ2n) is 7.08. The van der Waals surface area contributed by atoms with E-state index in [9.17, 15) is 0 Å². The van der Waals surface area contributed by atoms with Crippen LogP contribution in [0, 0.1) is 11.3 Å². The SMILES string of the molecule is CC(CC(C)(C)C)C[Si](C)(C)N[Si](C)C. The van der Waals surface area contributed by atoms with Crippen molar-refractivity contribution in [1.29, 1.82) is 0 Å². The van der Waals surface area contributed by atoms with Crippen molar-refractivity contribution < 1.29 is 0 Å². The minimum atomic E-state index is -1.13. The monoisotopic (exact) mass is 244 g/mol. The second-order valence-corrected chi connectivity index (χ2v) is 14.3. The Bertz CT molecular complexity index is 183. The highest BCUT2D eigenvalue weighted by molar-refractivity contribution is 6.83. The molecule has 0 rings (SSSR count). The van der Waals surface area contributed by atoms with E-state index in [2.05, 4.69) is 58.5 Å². The van der Waals surface area contributed by atoms with E-state index in [0.29, 0.717) is 5.41 Å². The molecule has 0 aromatic rings. The molecular weight excluding hydrogens is 214 g/mol. The average Bonchev–Trinajstić information content (AvgIpc) is 1.73. The van der Waals surface area contributed by atoms with Crippen LogP contribution in [0.1, 0.15) is 34.1 Å². The van der Waals surface area contributed by atoms with Crippen molar-refractivity contribution in [3.63, 3.8) is 0 Å². The molecule has 0 saturated carbocycles. The third-order valence-corrected chi connectivity index (χ3v) is 8.83. The van der Waals surface area contributed by atoms with Crippen LogP contribution in [0.2, 0.25) is 32.2 Å². The molecule has 1 nitrogen and oxygen atoms in total. The van der Waals surface area contributed by atoms with Gasteiger partial charge in [-0.15, -0.1) is 0 Å². The van der Waals surface area contributed by atoms with Crippen molar-refractivity contribution in [3.05, 3.63) is 0 Å². The van der Waals surface area contributed by atoms with E-state index < -0.39 is 8.24 Å². The van der Waals surface area contributed by atoms with Crippen molar-refractivity contribution >= 4 is 17.2 Å². The average molecular weight is 245 g/mol. The number of hydrogen-bond donors (Lipinski definition) is 1. The van der Waals surface area contributed by atoms with Gasteiger partial charge < -0.3 is 4.65 Å². The Morgan fingerprint density at radius 1 is 1.20 bits per heavy atom. The van der Waals surface area contributed by atoms with Crippen LogP contribution in [0.25, 0.3) is 0 Å². The molecule has 0 fully saturated rings. The third-order valence-electron chi connectivity index (χ3n) is 2.41. The first-order valence-electron chi connectivity index (χ1n) is 6.10. The highest BCUT2D eigenvalue weighted by Crippen LogP contribution is 2.28. The zero-order valence-electron chi connectivity index (χ0n) is 12.0. The lowest BCUT2D eigenvalue weighted by Crippen LogP contribution is -2.51. The van der Waals surface area contributed by atoms with Gasteiger partial charge in [-0.1, -0.05) is 53.9 Å². The predicted octanol–water partition coefficient (Wildman–Crippen LogP) is 4.10. The molecule has 3 heteroatoms. The molecule has 0 amide bonds. The quantitative estimate of drug-likeness (QED) is 0.718. The molecule has 0 aliphatic carbocycles. The van der Waals surface area contributed by atoms with Gasteiger partial charge in [0.15, 0.2) is 0 Å². The predicted molar refractivity (Wildman–Crippen MR) is 76.1 cm³/mol. The Balaban J connectivity index is 4.10. The maximum atomic E-state index is 3.88. The zero-order chi connectivity index (χ0) is 12.3. The van der Waals surface area contributed by atoms with Gasteiger partial charge in [0.2, 0.25) is 0 Å². The number of rotatable bonds is 5. The van der Waals surface area contributed by atoms with Gasteiger partial charge in [0.05, 0.1) is 0 Å². The minimum absolute atomic E-state index is 0.268. The Morgan fingerprint density at radius 3 is 2.00 bits per heavy atom. The van der Waals surface area contributed by atoms with Crippen LogP contribution in [-0.2, 0) is 0 Å². The largest absolute Gasteiger partial charge is 0.360 e. The fourth-order valence-electron chi connectivity index (χ4n) is 2.72. The molecule has 1 radical (unpaired) electrons. The first-order valence-corrected chi connectivity index (χ1v) is 11.8. The lowest BCUT2D eigenvalue weighted by Gasteiger charge is -2.31. The summed E-state index contributed by atoms with van der Waals surface area (Å²) in [4.78, 5) is 0. The van der Waals surface area contributed by atoms with Gasteiger partial charge in [0, 0.05) is 0 Å². The van der Waals surface area contributed by atoms with E-state index in [1.807, 2.05) is 0 Å². The standard InChI is InChI=1S/C12H30NSi2/c1-11(9-12(2,3)4)10-15(7,8)13-14(5)6/h11,13H,9-10H2,1-8H3.